The summed E-state index contributed by atoms with van der Waals surface area (Å²) in [6, 6.07) is 5.28. The van der Waals surface area contributed by atoms with Crippen molar-refractivity contribution in [2.24, 2.45) is 0 Å². The summed E-state index contributed by atoms with van der Waals surface area (Å²) in [6.45, 7) is 5.77. The van der Waals surface area contributed by atoms with Crippen molar-refractivity contribution in [3.05, 3.63) is 34.9 Å². The van der Waals surface area contributed by atoms with E-state index in [1.807, 2.05) is 19.9 Å². The van der Waals surface area contributed by atoms with Crippen LogP contribution in [-0.4, -0.2) is 68.7 Å². The summed E-state index contributed by atoms with van der Waals surface area (Å²) in [5, 5.41) is 14.7. The molecule has 3 heterocycles. The van der Waals surface area contributed by atoms with E-state index < -0.39 is 18.5 Å². The number of nitrogens with two attached hydrogens (primary N) is 2. The summed E-state index contributed by atoms with van der Waals surface area (Å²) >= 11 is 5.97. The van der Waals surface area contributed by atoms with Gasteiger partial charge in [-0.25, -0.2) is 28.7 Å². The molecule has 40 heavy (non-hydrogen) atoms. The van der Waals surface area contributed by atoms with E-state index in [1.165, 1.54) is 0 Å². The van der Waals surface area contributed by atoms with Gasteiger partial charge in [0, 0.05) is 38.5 Å². The number of benzene rings is 1. The number of aryl methyl sites for hydroxylation is 1. The molecule has 1 aromatic carbocycles. The molecule has 1 saturated heterocycles. The molecule has 3 aromatic rings. The molecular weight excluding hydrogens is 542 g/mol. The number of anilines is 2. The number of aliphatic carboxylic acids is 1. The first kappa shape index (κ1) is 28.7. The molecule has 0 unspecified atom stereocenters. The molecule has 4 rings (SSSR count). The van der Waals surface area contributed by atoms with Crippen LogP contribution in [0.25, 0.3) is 11.0 Å². The Hall–Kier alpha value is -4.33. The molecule has 1 aliphatic heterocycles. The number of halogens is 1. The van der Waals surface area contributed by atoms with Gasteiger partial charge in [0.05, 0.1) is 6.54 Å². The van der Waals surface area contributed by atoms with Gasteiger partial charge >= 0.3 is 12.0 Å². The van der Waals surface area contributed by atoms with Crippen LogP contribution in [0.15, 0.2) is 18.2 Å². The minimum Gasteiger partial charge on any atom is -0.482 e. The number of fused-ring (bicyclic) bond motifs is 1. The van der Waals surface area contributed by atoms with E-state index in [-0.39, 0.29) is 41.1 Å². The molecule has 0 spiro atoms. The maximum atomic E-state index is 13.0. The lowest BCUT2D eigenvalue weighted by Crippen LogP contribution is -2.45. The van der Waals surface area contributed by atoms with Crippen LogP contribution in [0.2, 0.25) is 5.15 Å². The quantitative estimate of drug-likeness (QED) is 0.234. The number of piperidine rings is 1. The van der Waals surface area contributed by atoms with Crippen molar-refractivity contribution in [3.63, 3.8) is 0 Å². The van der Waals surface area contributed by atoms with E-state index >= 15 is 0 Å². The topological polar surface area (TPSA) is 195 Å². The van der Waals surface area contributed by atoms with Crippen molar-refractivity contribution >= 4 is 52.2 Å². The molecule has 0 bridgehead atoms. The second-order valence-corrected chi connectivity index (χ2v) is 9.59. The first-order valence-corrected chi connectivity index (χ1v) is 13.3. The van der Waals surface area contributed by atoms with Gasteiger partial charge in [0.15, 0.2) is 40.1 Å². The van der Waals surface area contributed by atoms with Crippen molar-refractivity contribution in [1.29, 1.82) is 0 Å². The Morgan fingerprint density at radius 3 is 2.52 bits per heavy atom. The molecule has 0 aliphatic carbocycles. The highest BCUT2D eigenvalue weighted by molar-refractivity contribution is 6.31. The standard InChI is InChI=1S/C25H32ClN9O5/c1-3-29-25(39)33-9-7-14(8-10-33)35-17-11-15(40-13-19(36)37)5-6-16(17)34(4-2)18(35)12-30-24(38)20-22(27)32-23(28)21(26)31-20/h5-6,11,14H,3-4,7-10,12-13H2,1-2H3,(H6-,27,28,29,30,32,36,37,38,39)/p+1. The average molecular weight is 575 g/mol. The minimum atomic E-state index is -1.08. The van der Waals surface area contributed by atoms with E-state index in [9.17, 15) is 14.4 Å². The van der Waals surface area contributed by atoms with E-state index in [2.05, 4.69) is 29.7 Å². The summed E-state index contributed by atoms with van der Waals surface area (Å²) in [5.41, 5.74) is 13.1. The van der Waals surface area contributed by atoms with Gasteiger partial charge in [-0.3, -0.25) is 4.79 Å². The lowest BCUT2D eigenvalue weighted by atomic mass is 10.0. The van der Waals surface area contributed by atoms with E-state index in [4.69, 9.17) is 32.9 Å². The van der Waals surface area contributed by atoms with Gasteiger partial charge in [-0.05, 0) is 26.0 Å². The number of carboxylic acid groups (broad SMARTS) is 1. The fourth-order valence-corrected chi connectivity index (χ4v) is 5.08. The lowest BCUT2D eigenvalue weighted by Gasteiger charge is -2.31. The molecule has 3 amide bonds. The number of hydrogen-bond donors (Lipinski definition) is 5. The Labute approximate surface area is 235 Å². The van der Waals surface area contributed by atoms with Gasteiger partial charge in [-0.2, -0.15) is 0 Å². The van der Waals surface area contributed by atoms with Crippen LogP contribution in [-0.2, 0) is 17.9 Å². The first-order chi connectivity index (χ1) is 19.1. The molecule has 7 N–H and O–H groups in total. The largest absolute Gasteiger partial charge is 0.482 e. The van der Waals surface area contributed by atoms with Crippen molar-refractivity contribution in [3.8, 4) is 5.75 Å². The number of amides is 3. The zero-order chi connectivity index (χ0) is 29.0. The number of nitrogen functional groups attached to an aromatic ring is 2. The van der Waals surface area contributed by atoms with Crippen molar-refractivity contribution in [2.45, 2.75) is 45.8 Å². The molecule has 15 heteroatoms. The second kappa shape index (κ2) is 12.2. The molecule has 1 fully saturated rings. The number of hydrogen-bond acceptors (Lipinski definition) is 8. The zero-order valence-electron chi connectivity index (χ0n) is 22.3. The number of carbonyl (C=O) groups is 3. The maximum Gasteiger partial charge on any atom is 0.341 e. The number of carbonyl (C=O) groups excluding carboxylic acids is 2. The van der Waals surface area contributed by atoms with Crippen LogP contribution in [0, 0.1) is 0 Å². The van der Waals surface area contributed by atoms with Gasteiger partial charge in [-0.15, -0.1) is 0 Å². The molecular formula is C25H33ClN9O5+. The Morgan fingerprint density at radius 1 is 1.15 bits per heavy atom. The van der Waals surface area contributed by atoms with Crippen LogP contribution in [0.3, 0.4) is 0 Å². The third-order valence-electron chi connectivity index (χ3n) is 6.74. The number of likely N-dealkylation sites (tertiary alicyclic amines) is 1. The first-order valence-electron chi connectivity index (χ1n) is 12.9. The van der Waals surface area contributed by atoms with Gasteiger partial charge in [0.2, 0.25) is 0 Å². The number of imidazole rings is 1. The summed E-state index contributed by atoms with van der Waals surface area (Å²) in [6.07, 6.45) is 1.36. The van der Waals surface area contributed by atoms with Gasteiger partial charge in [0.25, 0.3) is 11.7 Å². The smallest absolute Gasteiger partial charge is 0.341 e. The number of rotatable bonds is 9. The van der Waals surface area contributed by atoms with E-state index in [1.54, 1.807) is 17.0 Å². The molecule has 1 aliphatic rings. The maximum absolute atomic E-state index is 13.0. The number of urea groups is 1. The van der Waals surface area contributed by atoms with Gasteiger partial charge in [-0.1, -0.05) is 11.6 Å². The molecule has 2 aromatic heterocycles. The highest BCUT2D eigenvalue weighted by Crippen LogP contribution is 2.30. The highest BCUT2D eigenvalue weighted by Gasteiger charge is 2.34. The number of nitrogens with zero attached hydrogens (tertiary/aromatic N) is 5. The van der Waals surface area contributed by atoms with Crippen molar-refractivity contribution in [2.75, 3.05) is 37.7 Å². The normalized spacial score (nSPS) is 13.8. The summed E-state index contributed by atoms with van der Waals surface area (Å²) in [5.74, 6) is -0.647. The molecule has 214 valence electrons. The number of carboxylic acids is 1. The van der Waals surface area contributed by atoms with Gasteiger partial charge in [0.1, 0.15) is 18.3 Å². The molecule has 0 radical (unpaired) electrons. The summed E-state index contributed by atoms with van der Waals surface area (Å²) in [7, 11) is 0. The second-order valence-electron chi connectivity index (χ2n) is 9.23. The third-order valence-corrected chi connectivity index (χ3v) is 7.02. The van der Waals surface area contributed by atoms with Crippen LogP contribution >= 0.6 is 11.6 Å². The number of nitrogens with one attached hydrogen (secondary N) is 2. The lowest BCUT2D eigenvalue weighted by molar-refractivity contribution is -0.676. The molecule has 14 nitrogen and oxygen atoms in total. The minimum absolute atomic E-state index is 0.00145. The molecule has 0 atom stereocenters. The van der Waals surface area contributed by atoms with Crippen molar-refractivity contribution in [1.82, 2.24) is 30.1 Å². The zero-order valence-corrected chi connectivity index (χ0v) is 23.1. The van der Waals surface area contributed by atoms with Crippen LogP contribution in [0.5, 0.6) is 5.75 Å². The van der Waals surface area contributed by atoms with Crippen LogP contribution in [0.4, 0.5) is 16.4 Å². The third kappa shape index (κ3) is 5.96. The Bertz CT molecular complexity index is 1440. The predicted molar refractivity (Wildman–Crippen MR) is 147 cm³/mol. The Balaban J connectivity index is 1.70. The van der Waals surface area contributed by atoms with Crippen LogP contribution in [0.1, 0.15) is 49.0 Å². The Kier molecular flexibility index (Phi) is 8.77. The average Bonchev–Trinajstić information content (AvgIpc) is 3.25. The van der Waals surface area contributed by atoms with E-state index in [0.717, 1.165) is 16.9 Å². The summed E-state index contributed by atoms with van der Waals surface area (Å²) in [4.78, 5) is 46.2. The van der Waals surface area contributed by atoms with Gasteiger partial charge < -0.3 is 36.8 Å². The monoisotopic (exact) mass is 574 g/mol. The van der Waals surface area contributed by atoms with Crippen molar-refractivity contribution < 1.29 is 28.8 Å². The van der Waals surface area contributed by atoms with Crippen LogP contribution < -0.4 is 31.4 Å². The Morgan fingerprint density at radius 2 is 1.88 bits per heavy atom. The fourth-order valence-electron chi connectivity index (χ4n) is 4.95. The summed E-state index contributed by atoms with van der Waals surface area (Å²) < 4.78 is 9.66. The molecule has 0 saturated carbocycles. The van der Waals surface area contributed by atoms with E-state index in [0.29, 0.717) is 44.8 Å². The number of ether oxygens (including phenoxy) is 1. The predicted octanol–water partition coefficient (Wildman–Crippen LogP) is 1.32. The number of aromatic nitrogens is 4. The fraction of sp³-hybridized carbons (Fsp3) is 0.440. The highest BCUT2D eigenvalue weighted by atomic mass is 35.5. The SMILES string of the molecule is CCNC(=O)N1CCC(n2c(CNC(=O)c3nc(Cl)c(N)nc3N)[n+](CC)c3ccc(OCC(=O)O)cc32)CC1.